The van der Waals surface area contributed by atoms with Gasteiger partial charge in [-0.05, 0) is 81.6 Å². The maximum atomic E-state index is 3.56. The predicted molar refractivity (Wildman–Crippen MR) is 109 cm³/mol. The molecule has 0 heterocycles. The van der Waals surface area contributed by atoms with Crippen LogP contribution >= 0.6 is 15.9 Å². The molecule has 0 spiro atoms. The normalized spacial score (nSPS) is 15.0. The average Bonchev–Trinajstić information content (AvgIpc) is 2.67. The van der Waals surface area contributed by atoms with Crippen molar-refractivity contribution in [3.63, 3.8) is 0 Å². The first kappa shape index (κ1) is 15.2. The van der Waals surface area contributed by atoms with Crippen molar-refractivity contribution in [1.29, 1.82) is 0 Å². The largest absolute Gasteiger partial charge is 0.0716 e. The van der Waals surface area contributed by atoms with Crippen LogP contribution in [0.2, 0.25) is 0 Å². The summed E-state index contributed by atoms with van der Waals surface area (Å²) in [5, 5.41) is 2.95. The molecule has 2 aliphatic carbocycles. The van der Waals surface area contributed by atoms with Crippen molar-refractivity contribution < 1.29 is 0 Å². The summed E-state index contributed by atoms with van der Waals surface area (Å²) in [7, 11) is 0. The summed E-state index contributed by atoms with van der Waals surface area (Å²) >= 11 is 3.56. The molecule has 0 unspecified atom stereocenters. The molecule has 0 bridgehead atoms. The number of fused-ring (bicyclic) bond motifs is 5. The fraction of sp³-hybridized carbons (Fsp3) is 0.167. The summed E-state index contributed by atoms with van der Waals surface area (Å²) in [6.07, 6.45) is 7.08. The highest BCUT2D eigenvalue weighted by atomic mass is 79.9. The zero-order chi connectivity index (χ0) is 16.8. The van der Waals surface area contributed by atoms with Crippen LogP contribution in [0.3, 0.4) is 0 Å². The van der Waals surface area contributed by atoms with Crippen LogP contribution in [-0.2, 0) is 12.8 Å². The van der Waals surface area contributed by atoms with Gasteiger partial charge in [-0.15, -0.1) is 0 Å². The summed E-state index contributed by atoms with van der Waals surface area (Å²) in [6, 6.07) is 22.4. The van der Waals surface area contributed by atoms with Gasteiger partial charge >= 0.3 is 0 Å². The molecule has 0 aromatic heterocycles. The first-order valence-electron chi connectivity index (χ1n) is 9.01. The number of hydrogen-bond acceptors (Lipinski definition) is 0. The van der Waals surface area contributed by atoms with Crippen molar-refractivity contribution in [3.8, 4) is 11.1 Å². The topological polar surface area (TPSA) is 0 Å². The number of benzene rings is 3. The third kappa shape index (κ3) is 2.49. The highest BCUT2D eigenvalue weighted by Crippen LogP contribution is 2.27. The molecule has 1 heteroatoms. The Labute approximate surface area is 156 Å². The van der Waals surface area contributed by atoms with Gasteiger partial charge in [-0.3, -0.25) is 0 Å². The van der Waals surface area contributed by atoms with E-state index in [1.807, 2.05) is 0 Å². The summed E-state index contributed by atoms with van der Waals surface area (Å²) in [5.74, 6) is 0. The lowest BCUT2D eigenvalue weighted by Crippen LogP contribution is -2.36. The fourth-order valence-corrected chi connectivity index (χ4v) is 4.63. The van der Waals surface area contributed by atoms with Crippen molar-refractivity contribution in [2.45, 2.75) is 25.7 Å². The second-order valence-electron chi connectivity index (χ2n) is 6.97. The van der Waals surface area contributed by atoms with Crippen LogP contribution in [0.15, 0.2) is 65.1 Å². The Kier molecular flexibility index (Phi) is 3.64. The number of hydrogen-bond donors (Lipinski definition) is 0. The molecule has 0 aliphatic heterocycles. The predicted octanol–water partition coefficient (Wildman–Crippen LogP) is 4.99. The van der Waals surface area contributed by atoms with Gasteiger partial charge in [-0.1, -0.05) is 70.5 Å². The first-order valence-corrected chi connectivity index (χ1v) is 9.80. The summed E-state index contributed by atoms with van der Waals surface area (Å²) in [5.41, 5.74) is 8.64. The van der Waals surface area contributed by atoms with Gasteiger partial charge in [0.1, 0.15) is 0 Å². The molecule has 5 rings (SSSR count). The van der Waals surface area contributed by atoms with E-state index in [4.69, 9.17) is 0 Å². The molecule has 0 N–H and O–H groups in total. The molecule has 0 amide bonds. The van der Waals surface area contributed by atoms with Crippen molar-refractivity contribution in [3.05, 3.63) is 92.3 Å². The van der Waals surface area contributed by atoms with Gasteiger partial charge in [0.05, 0.1) is 0 Å². The van der Waals surface area contributed by atoms with Crippen LogP contribution in [0.4, 0.5) is 0 Å². The number of rotatable bonds is 1. The van der Waals surface area contributed by atoms with Crippen LogP contribution in [0.1, 0.15) is 29.5 Å². The third-order valence-electron chi connectivity index (χ3n) is 5.53. The Bertz CT molecular complexity index is 1090. The average molecular weight is 387 g/mol. The molecule has 0 nitrogen and oxygen atoms in total. The highest BCUT2D eigenvalue weighted by molar-refractivity contribution is 9.10. The zero-order valence-corrected chi connectivity index (χ0v) is 15.6. The minimum Gasteiger partial charge on any atom is -0.0716 e. The van der Waals surface area contributed by atoms with E-state index in [1.54, 1.807) is 0 Å². The molecule has 25 heavy (non-hydrogen) atoms. The van der Waals surface area contributed by atoms with Crippen molar-refractivity contribution in [2.75, 3.05) is 0 Å². The second kappa shape index (κ2) is 6.00. The van der Waals surface area contributed by atoms with Crippen LogP contribution in [0.25, 0.3) is 22.8 Å². The summed E-state index contributed by atoms with van der Waals surface area (Å²) in [6.45, 7) is 0. The van der Waals surface area contributed by atoms with Gasteiger partial charge in [0.15, 0.2) is 0 Å². The fourth-order valence-electron chi connectivity index (χ4n) is 4.37. The van der Waals surface area contributed by atoms with Gasteiger partial charge in [-0.2, -0.15) is 0 Å². The molecule has 0 atom stereocenters. The molecule has 122 valence electrons. The third-order valence-corrected chi connectivity index (χ3v) is 6.06. The highest BCUT2D eigenvalue weighted by Gasteiger charge is 2.17. The molecular weight excluding hydrogens is 368 g/mol. The Morgan fingerprint density at radius 3 is 2.44 bits per heavy atom. The molecule has 2 aliphatic rings. The maximum Gasteiger partial charge on any atom is 0.0175 e. The van der Waals surface area contributed by atoms with E-state index in [-0.39, 0.29) is 0 Å². The summed E-state index contributed by atoms with van der Waals surface area (Å²) < 4.78 is 1.14. The van der Waals surface area contributed by atoms with E-state index in [1.165, 1.54) is 63.1 Å². The zero-order valence-electron chi connectivity index (χ0n) is 14.1. The van der Waals surface area contributed by atoms with Crippen molar-refractivity contribution in [1.82, 2.24) is 0 Å². The van der Waals surface area contributed by atoms with Crippen LogP contribution in [-0.4, -0.2) is 0 Å². The molecular formula is C24H19Br. The minimum atomic E-state index is 1.03. The first-order chi connectivity index (χ1) is 12.3. The number of halogens is 1. The van der Waals surface area contributed by atoms with Gasteiger partial charge in [0.2, 0.25) is 0 Å². The Balaban J connectivity index is 1.86. The smallest absolute Gasteiger partial charge is 0.0175 e. The van der Waals surface area contributed by atoms with E-state index in [9.17, 15) is 0 Å². The molecule has 0 radical (unpaired) electrons. The molecule has 3 aromatic carbocycles. The van der Waals surface area contributed by atoms with Crippen LogP contribution < -0.4 is 10.4 Å². The lowest BCUT2D eigenvalue weighted by Gasteiger charge is -2.21. The lowest BCUT2D eigenvalue weighted by molar-refractivity contribution is 0.818. The van der Waals surface area contributed by atoms with Crippen LogP contribution in [0, 0.1) is 0 Å². The Morgan fingerprint density at radius 1 is 0.720 bits per heavy atom. The Hall–Kier alpha value is -2.12. The van der Waals surface area contributed by atoms with E-state index >= 15 is 0 Å². The minimum absolute atomic E-state index is 1.03. The molecule has 0 saturated carbocycles. The standard InChI is InChI=1S/C24H19Br/c25-19-12-8-17(9-13-19)21-7-3-5-18-11-14-22-20-6-2-1-4-16(20)10-15-23(22)24(18)21/h1-2,4,6,8-9,11-15H,3,5,7,10H2. The monoisotopic (exact) mass is 386 g/mol. The van der Waals surface area contributed by atoms with Crippen molar-refractivity contribution in [2.24, 2.45) is 0 Å². The van der Waals surface area contributed by atoms with Gasteiger partial charge in [-0.25, -0.2) is 0 Å². The van der Waals surface area contributed by atoms with E-state index in [0.717, 1.165) is 10.9 Å². The number of aryl methyl sites for hydroxylation is 1. The SMILES string of the molecule is Brc1ccc(C2=c3c(ccc4c3=CCc3ccccc3-4)CCC2)cc1. The quantitative estimate of drug-likeness (QED) is 0.552. The second-order valence-corrected chi connectivity index (χ2v) is 7.88. The van der Waals surface area contributed by atoms with Crippen molar-refractivity contribution >= 4 is 27.6 Å². The summed E-state index contributed by atoms with van der Waals surface area (Å²) in [4.78, 5) is 0. The molecule has 0 fully saturated rings. The van der Waals surface area contributed by atoms with E-state index in [2.05, 4.69) is 82.7 Å². The molecule has 0 saturated heterocycles. The van der Waals surface area contributed by atoms with E-state index in [0.29, 0.717) is 0 Å². The van der Waals surface area contributed by atoms with Gasteiger partial charge in [0, 0.05) is 4.47 Å². The van der Waals surface area contributed by atoms with Crippen LogP contribution in [0.5, 0.6) is 0 Å². The lowest BCUT2D eigenvalue weighted by atomic mass is 9.83. The Morgan fingerprint density at radius 2 is 1.56 bits per heavy atom. The molecule has 3 aromatic rings. The van der Waals surface area contributed by atoms with Gasteiger partial charge in [0.25, 0.3) is 0 Å². The van der Waals surface area contributed by atoms with E-state index < -0.39 is 0 Å². The van der Waals surface area contributed by atoms with Gasteiger partial charge < -0.3 is 0 Å². The maximum absolute atomic E-state index is 3.56.